The van der Waals surface area contributed by atoms with Crippen molar-refractivity contribution in [3.8, 4) is 113 Å². The molecule has 6 aromatic carbocycles. The van der Waals surface area contributed by atoms with E-state index in [4.69, 9.17) is 39.7 Å². The number of pyridine rings is 8. The summed E-state index contributed by atoms with van der Waals surface area (Å²) in [5.74, 6) is -2.41. The van der Waals surface area contributed by atoms with Crippen molar-refractivity contribution < 1.29 is 112 Å². The van der Waals surface area contributed by atoms with Crippen LogP contribution in [0.4, 0.5) is 0 Å². The third-order valence-corrected chi connectivity index (χ3v) is 18.1. The van der Waals surface area contributed by atoms with Gasteiger partial charge in [-0.3, -0.25) is 29.5 Å². The Hall–Kier alpha value is -11.8. The first kappa shape index (κ1) is 90.4. The Balaban J connectivity index is 0.000000295. The van der Waals surface area contributed by atoms with Crippen molar-refractivity contribution in [1.29, 1.82) is 0 Å². The van der Waals surface area contributed by atoms with Gasteiger partial charge in [0.05, 0.1) is 67.6 Å². The number of aliphatic carboxylic acids is 2. The van der Waals surface area contributed by atoms with E-state index in [9.17, 15) is 30.0 Å². The molecule has 0 amide bonds. The quantitative estimate of drug-likeness (QED) is 0.0356. The second kappa shape index (κ2) is 37.9. The number of aromatic nitrogens is 8. The number of rotatable bonds is 8. The molecule has 0 atom stereocenters. The fourth-order valence-corrected chi connectivity index (χ4v) is 12.2. The Morgan fingerprint density at radius 3 is 0.591 bits per heavy atom. The van der Waals surface area contributed by atoms with Crippen LogP contribution in [0.1, 0.15) is 134 Å². The third kappa shape index (κ3) is 22.2. The molecule has 0 saturated heterocycles. The molecule has 0 unspecified atom stereocenters. The molecule has 596 valence electrons. The standard InChI is InChI=1S/2C42H38N4O2.C4H6O4.2C2H4O2.3Fe.H2/c2*1-41(2,3)27-21-29(33-11-7-9-19-43-33)39(47)31(23-27)35-17-15-25-13-14-26-16-18-36(46-38(26)37(25)45-35)32-24-28(42(4,5)6)22-30(40(32)48)34-12-8-10-20-44-34;1-3(5)7-8-4(2)6;2*1-2(3)4;;;;/h2*7-24,47-48H,1-6H3;1-2H3;2*1H3,(H,3,4);;;;1H/i;;;;;;;;1+1. The van der Waals surface area contributed by atoms with Crippen molar-refractivity contribution in [2.75, 3.05) is 0 Å². The zero-order valence-electron chi connectivity index (χ0n) is 66.6. The van der Waals surface area contributed by atoms with E-state index < -0.39 is 23.9 Å². The number of hydrogen-bond acceptors (Lipinski definition) is 18. The Morgan fingerprint density at radius 2 is 0.443 bits per heavy atom. The van der Waals surface area contributed by atoms with Crippen LogP contribution in [-0.4, -0.2) is 94.4 Å². The molecule has 14 rings (SSSR count). The summed E-state index contributed by atoms with van der Waals surface area (Å²) in [5.41, 5.74) is 16.9. The number of carboxylic acid groups (broad SMARTS) is 2. The number of benzene rings is 6. The van der Waals surface area contributed by atoms with Gasteiger partial charge in [0.15, 0.2) is 0 Å². The maximum absolute atomic E-state index is 11.7. The zero-order chi connectivity index (χ0) is 81.3. The fraction of sp³-hybridized carbons (Fsp3) is 0.217. The number of fused-ring (bicyclic) bond motifs is 6. The maximum Gasteiger partial charge on any atom is 0.352 e. The molecule has 115 heavy (non-hydrogen) atoms. The van der Waals surface area contributed by atoms with E-state index in [1.165, 1.54) is 0 Å². The summed E-state index contributed by atoms with van der Waals surface area (Å²) in [5, 5.41) is 65.2. The van der Waals surface area contributed by atoms with Gasteiger partial charge in [-0.05, 0) is 165 Å². The van der Waals surface area contributed by atoms with Crippen molar-refractivity contribution >= 4 is 67.5 Å². The van der Waals surface area contributed by atoms with Crippen LogP contribution in [-0.2, 0) is 102 Å². The molecule has 0 fully saturated rings. The number of carboxylic acids is 2. The van der Waals surface area contributed by atoms with Crippen LogP contribution in [0.2, 0.25) is 0 Å². The van der Waals surface area contributed by atoms with Crippen molar-refractivity contribution in [2.45, 2.75) is 132 Å². The number of carbonyl (C=O) groups excluding carboxylic acids is 2. The summed E-state index contributed by atoms with van der Waals surface area (Å²) in [6.07, 6.45) is 6.93. The average molecular weight is 1670 g/mol. The minimum absolute atomic E-state index is 0. The molecule has 8 aromatic heterocycles. The van der Waals surface area contributed by atoms with Gasteiger partial charge in [0.1, 0.15) is 23.0 Å². The number of phenolic OH excluding ortho intramolecular Hbond substituents is 4. The Bertz CT molecular complexity index is 5170. The molecular formula is C92H92Fe3N8O12. The van der Waals surface area contributed by atoms with Gasteiger partial charge in [0.2, 0.25) is 0 Å². The van der Waals surface area contributed by atoms with Gasteiger partial charge >= 0.3 is 11.9 Å². The molecule has 0 bridgehead atoms. The smallest absolute Gasteiger partial charge is 0.352 e. The van der Waals surface area contributed by atoms with Gasteiger partial charge in [0.25, 0.3) is 11.9 Å². The van der Waals surface area contributed by atoms with Crippen LogP contribution < -0.4 is 0 Å². The number of aromatic hydroxyl groups is 4. The first-order chi connectivity index (χ1) is 52.9. The molecule has 0 saturated carbocycles. The Morgan fingerprint density at radius 1 is 0.278 bits per heavy atom. The van der Waals surface area contributed by atoms with E-state index in [0.29, 0.717) is 112 Å². The van der Waals surface area contributed by atoms with Crippen molar-refractivity contribution in [2.24, 2.45) is 0 Å². The molecule has 20 nitrogen and oxygen atoms in total. The van der Waals surface area contributed by atoms with Gasteiger partial charge < -0.3 is 30.6 Å². The van der Waals surface area contributed by atoms with Crippen molar-refractivity contribution in [1.82, 2.24) is 39.9 Å². The van der Waals surface area contributed by atoms with E-state index >= 15 is 0 Å². The minimum atomic E-state index is -0.833. The van der Waals surface area contributed by atoms with Crippen LogP contribution in [0, 0.1) is 0 Å². The molecule has 0 spiro atoms. The van der Waals surface area contributed by atoms with E-state index in [0.717, 1.165) is 71.5 Å². The SMILES string of the molecule is CC(=O)O.CC(=O)O.CC(=O)OOC(C)=O.CC(C)(C)c1cc(-c2ccccn2)c(O)c(-c2ccc3ccc4ccc(-c5cc(C(C)(C)C)cc(-c6ccccn6)c5O)nc4c3n2)c1.CC(C)(C)c1cc(-c2ccccn2)c(O)c(-c2ccc3ccc4ccc(-c5cc(C(C)(C)C)cc(-c6ccccn6)c5O)nc4c3n2)c1.[2HH].[Fe].[Fe].[Fe]. The number of hydrogen-bond donors (Lipinski definition) is 6. The Kier molecular flexibility index (Phi) is 29.8. The van der Waals surface area contributed by atoms with Gasteiger partial charge in [-0.2, -0.15) is 0 Å². The van der Waals surface area contributed by atoms with E-state index in [1.54, 1.807) is 24.8 Å². The second-order valence-corrected chi connectivity index (χ2v) is 30.9. The monoisotopic (exact) mass is 1670 g/mol. The number of nitrogens with zero attached hydrogens (tertiary/aromatic N) is 8. The van der Waals surface area contributed by atoms with Crippen LogP contribution >= 0.6 is 0 Å². The third-order valence-electron chi connectivity index (χ3n) is 18.1. The first-order valence-corrected chi connectivity index (χ1v) is 36.2. The normalized spacial score (nSPS) is 11.1. The Labute approximate surface area is 701 Å². The summed E-state index contributed by atoms with van der Waals surface area (Å²) in [6.45, 7) is 30.3. The molecule has 0 aliphatic heterocycles. The molecule has 14 aromatic rings. The minimum Gasteiger partial charge on any atom is -0.507 e. The molecule has 6 N–H and O–H groups in total. The van der Waals surface area contributed by atoms with Crippen LogP contribution in [0.15, 0.2) is 219 Å². The van der Waals surface area contributed by atoms with Crippen molar-refractivity contribution in [3.05, 3.63) is 241 Å². The zero-order valence-corrected chi connectivity index (χ0v) is 69.9. The summed E-state index contributed by atoms with van der Waals surface area (Å²) in [4.78, 5) is 84.1. The van der Waals surface area contributed by atoms with Crippen LogP contribution in [0.3, 0.4) is 0 Å². The maximum atomic E-state index is 11.7. The van der Waals surface area contributed by atoms with Crippen molar-refractivity contribution in [3.63, 3.8) is 0 Å². The van der Waals surface area contributed by atoms with Gasteiger partial charge in [0, 0.05) is 171 Å². The number of phenols is 4. The molecule has 0 aliphatic carbocycles. The topological polar surface area (TPSA) is 311 Å². The molecule has 0 aliphatic rings. The number of carbonyl (C=O) groups is 4. The van der Waals surface area contributed by atoms with E-state index in [1.807, 2.05) is 194 Å². The van der Waals surface area contributed by atoms with Gasteiger partial charge in [-0.1, -0.05) is 156 Å². The molecular weight excluding hydrogens is 1580 g/mol. The predicted molar refractivity (Wildman–Crippen MR) is 442 cm³/mol. The van der Waals surface area contributed by atoms with Crippen LogP contribution in [0.25, 0.3) is 134 Å². The van der Waals surface area contributed by atoms with Crippen LogP contribution in [0.5, 0.6) is 23.0 Å². The summed E-state index contributed by atoms with van der Waals surface area (Å²) in [6, 6.07) is 62.9. The van der Waals surface area contributed by atoms with Gasteiger partial charge in [-0.15, -0.1) is 0 Å². The largest absolute Gasteiger partial charge is 0.507 e. The fourth-order valence-electron chi connectivity index (χ4n) is 12.2. The summed E-state index contributed by atoms with van der Waals surface area (Å²) in [7, 11) is 0. The first-order valence-electron chi connectivity index (χ1n) is 36.2. The average Bonchev–Trinajstić information content (AvgIpc) is 0.754. The van der Waals surface area contributed by atoms with Gasteiger partial charge in [-0.25, -0.2) is 39.3 Å². The van der Waals surface area contributed by atoms with E-state index in [-0.39, 0.29) is 97.3 Å². The molecule has 0 radical (unpaired) electrons. The summed E-state index contributed by atoms with van der Waals surface area (Å²) < 4.78 is 0. The van der Waals surface area contributed by atoms with E-state index in [2.05, 4.69) is 113 Å². The molecule has 8 heterocycles. The molecule has 23 heteroatoms. The summed E-state index contributed by atoms with van der Waals surface area (Å²) >= 11 is 0. The predicted octanol–water partition coefficient (Wildman–Crippen LogP) is 20.9. The second-order valence-electron chi connectivity index (χ2n) is 30.9.